The first-order valence-corrected chi connectivity index (χ1v) is 10.2. The average molecular weight is 451 g/mol. The van der Waals surface area contributed by atoms with E-state index in [-0.39, 0.29) is 40.8 Å². The third-order valence-corrected chi connectivity index (χ3v) is 5.40. The number of nitrogens with one attached hydrogen (secondary N) is 1. The van der Waals surface area contributed by atoms with Gasteiger partial charge in [0.25, 0.3) is 5.91 Å². The zero-order valence-corrected chi connectivity index (χ0v) is 18.8. The normalized spacial score (nSPS) is 10.4. The van der Waals surface area contributed by atoms with Crippen molar-refractivity contribution >= 4 is 34.2 Å². The molecule has 0 aliphatic heterocycles. The molecule has 0 fully saturated rings. The summed E-state index contributed by atoms with van der Waals surface area (Å²) >= 11 is 0.927. The molecule has 168 valence electrons. The van der Waals surface area contributed by atoms with Crippen LogP contribution in [0.4, 0.5) is 5.00 Å². The molecular formula is C21H25NO8S. The summed E-state index contributed by atoms with van der Waals surface area (Å²) in [5.74, 6) is -1.26. The minimum atomic E-state index is -0.658. The standard InChI is InChI=1S/C21H25NO8S/c1-6-29-20(24)15-12(2)17(21(25)30-11-10-26-3)31-19(15)22-18(23)16-13(27-4)8-7-9-14(16)28-5/h7-9H,6,10-11H2,1-5H3,(H,22,23). The molecule has 0 saturated heterocycles. The molecule has 0 unspecified atom stereocenters. The zero-order chi connectivity index (χ0) is 23.0. The maximum absolute atomic E-state index is 13.1. The molecule has 2 aromatic rings. The second-order valence-corrected chi connectivity index (χ2v) is 7.12. The van der Waals surface area contributed by atoms with E-state index in [1.807, 2.05) is 0 Å². The van der Waals surface area contributed by atoms with Gasteiger partial charge >= 0.3 is 11.9 Å². The number of amides is 1. The second-order valence-electron chi connectivity index (χ2n) is 6.10. The summed E-state index contributed by atoms with van der Waals surface area (Å²) in [7, 11) is 4.35. The average Bonchev–Trinajstić information content (AvgIpc) is 3.08. The number of ether oxygens (including phenoxy) is 5. The van der Waals surface area contributed by atoms with Crippen LogP contribution in [0.25, 0.3) is 0 Å². The molecule has 31 heavy (non-hydrogen) atoms. The van der Waals surface area contributed by atoms with E-state index in [9.17, 15) is 14.4 Å². The summed E-state index contributed by atoms with van der Waals surface area (Å²) in [6.45, 7) is 3.68. The van der Waals surface area contributed by atoms with Crippen molar-refractivity contribution < 1.29 is 38.1 Å². The first kappa shape index (κ1) is 24.2. The second kappa shape index (κ2) is 11.3. The van der Waals surface area contributed by atoms with Gasteiger partial charge in [0.2, 0.25) is 0 Å². The molecule has 0 spiro atoms. The van der Waals surface area contributed by atoms with E-state index in [0.717, 1.165) is 11.3 Å². The molecular weight excluding hydrogens is 426 g/mol. The van der Waals surface area contributed by atoms with E-state index in [1.54, 1.807) is 32.0 Å². The van der Waals surface area contributed by atoms with Crippen molar-refractivity contribution in [1.29, 1.82) is 0 Å². The van der Waals surface area contributed by atoms with E-state index < -0.39 is 17.8 Å². The largest absolute Gasteiger partial charge is 0.496 e. The third kappa shape index (κ3) is 5.53. The van der Waals surface area contributed by atoms with Crippen LogP contribution >= 0.6 is 11.3 Å². The molecule has 0 aliphatic rings. The fourth-order valence-electron chi connectivity index (χ4n) is 2.77. The zero-order valence-electron chi connectivity index (χ0n) is 18.0. The van der Waals surface area contributed by atoms with Crippen LogP contribution in [0.5, 0.6) is 11.5 Å². The van der Waals surface area contributed by atoms with Crippen molar-refractivity contribution in [3.05, 3.63) is 39.8 Å². The summed E-state index contributed by atoms with van der Waals surface area (Å²) in [6.07, 6.45) is 0. The fraction of sp³-hybridized carbons (Fsp3) is 0.381. The summed E-state index contributed by atoms with van der Waals surface area (Å²) in [5, 5.41) is 2.85. The van der Waals surface area contributed by atoms with Gasteiger partial charge in [-0.1, -0.05) is 6.07 Å². The molecule has 1 aromatic carbocycles. The maximum atomic E-state index is 13.1. The summed E-state index contributed by atoms with van der Waals surface area (Å²) < 4.78 is 25.7. The van der Waals surface area contributed by atoms with Gasteiger partial charge in [0.05, 0.1) is 33.0 Å². The lowest BCUT2D eigenvalue weighted by atomic mass is 10.1. The lowest BCUT2D eigenvalue weighted by Gasteiger charge is -2.13. The van der Waals surface area contributed by atoms with E-state index >= 15 is 0 Å². The monoisotopic (exact) mass is 451 g/mol. The van der Waals surface area contributed by atoms with Gasteiger partial charge in [0, 0.05) is 7.11 Å². The minimum absolute atomic E-state index is 0.0571. The number of hydrogen-bond donors (Lipinski definition) is 1. The molecule has 1 N–H and O–H groups in total. The van der Waals surface area contributed by atoms with E-state index in [4.69, 9.17) is 23.7 Å². The third-order valence-electron chi connectivity index (χ3n) is 4.21. The first-order chi connectivity index (χ1) is 14.9. The highest BCUT2D eigenvalue weighted by Gasteiger charge is 2.29. The summed E-state index contributed by atoms with van der Waals surface area (Å²) in [4.78, 5) is 38.3. The number of carbonyl (C=O) groups is 3. The number of methoxy groups -OCH3 is 3. The molecule has 1 aromatic heterocycles. The Labute approximate surface area is 184 Å². The van der Waals surface area contributed by atoms with Crippen molar-refractivity contribution in [2.24, 2.45) is 0 Å². The number of thiophene rings is 1. The maximum Gasteiger partial charge on any atom is 0.348 e. The Morgan fingerprint density at radius 2 is 1.58 bits per heavy atom. The number of rotatable bonds is 10. The summed E-state index contributed by atoms with van der Waals surface area (Å²) in [6, 6.07) is 4.91. The van der Waals surface area contributed by atoms with Crippen LogP contribution in [0.2, 0.25) is 0 Å². The van der Waals surface area contributed by atoms with E-state index in [2.05, 4.69) is 5.32 Å². The lowest BCUT2D eigenvalue weighted by Crippen LogP contribution is -2.16. The van der Waals surface area contributed by atoms with Gasteiger partial charge in [-0.15, -0.1) is 11.3 Å². The molecule has 9 nitrogen and oxygen atoms in total. The number of carbonyl (C=O) groups excluding carboxylic acids is 3. The van der Waals surface area contributed by atoms with Crippen LogP contribution in [0.1, 0.15) is 42.9 Å². The van der Waals surface area contributed by atoms with Crippen molar-refractivity contribution in [1.82, 2.24) is 0 Å². The Kier molecular flexibility index (Phi) is 8.83. The van der Waals surface area contributed by atoms with E-state index in [0.29, 0.717) is 17.1 Å². The molecule has 0 bridgehead atoms. The van der Waals surface area contributed by atoms with Crippen molar-refractivity contribution in [3.63, 3.8) is 0 Å². The molecule has 0 saturated carbocycles. The van der Waals surface area contributed by atoms with Crippen molar-refractivity contribution in [2.75, 3.05) is 46.5 Å². The van der Waals surface area contributed by atoms with E-state index in [1.165, 1.54) is 21.3 Å². The van der Waals surface area contributed by atoms with Gasteiger partial charge in [-0.2, -0.15) is 0 Å². The molecule has 0 atom stereocenters. The smallest absolute Gasteiger partial charge is 0.348 e. The van der Waals surface area contributed by atoms with Crippen LogP contribution in [-0.2, 0) is 14.2 Å². The van der Waals surface area contributed by atoms with Gasteiger partial charge in [0.1, 0.15) is 33.5 Å². The van der Waals surface area contributed by atoms with Gasteiger partial charge in [-0.3, -0.25) is 4.79 Å². The molecule has 0 aliphatic carbocycles. The highest BCUT2D eigenvalue weighted by atomic mass is 32.1. The Morgan fingerprint density at radius 1 is 0.935 bits per heavy atom. The van der Waals surface area contributed by atoms with Gasteiger partial charge in [-0.25, -0.2) is 9.59 Å². The van der Waals surface area contributed by atoms with Crippen LogP contribution < -0.4 is 14.8 Å². The van der Waals surface area contributed by atoms with Crippen LogP contribution in [0, 0.1) is 6.92 Å². The van der Waals surface area contributed by atoms with Gasteiger partial charge in [-0.05, 0) is 31.5 Å². The summed E-state index contributed by atoms with van der Waals surface area (Å²) in [5.41, 5.74) is 0.596. The Hall–Kier alpha value is -3.11. The first-order valence-electron chi connectivity index (χ1n) is 9.38. The highest BCUT2D eigenvalue weighted by Crippen LogP contribution is 2.36. The Bertz CT molecular complexity index is 931. The van der Waals surface area contributed by atoms with Gasteiger partial charge in [0.15, 0.2) is 0 Å². The molecule has 1 amide bonds. The lowest BCUT2D eigenvalue weighted by molar-refractivity contribution is 0.0392. The highest BCUT2D eigenvalue weighted by molar-refractivity contribution is 7.18. The van der Waals surface area contributed by atoms with Crippen molar-refractivity contribution in [3.8, 4) is 11.5 Å². The predicted molar refractivity (Wildman–Crippen MR) is 115 cm³/mol. The van der Waals surface area contributed by atoms with Crippen LogP contribution in [-0.4, -0.2) is 59.0 Å². The van der Waals surface area contributed by atoms with Crippen LogP contribution in [0.3, 0.4) is 0 Å². The minimum Gasteiger partial charge on any atom is -0.496 e. The Balaban J connectivity index is 2.45. The quantitative estimate of drug-likeness (QED) is 0.433. The SMILES string of the molecule is CCOC(=O)c1c(NC(=O)c2c(OC)cccc2OC)sc(C(=O)OCCOC)c1C. The molecule has 2 rings (SSSR count). The molecule has 1 heterocycles. The van der Waals surface area contributed by atoms with Gasteiger partial charge < -0.3 is 29.0 Å². The number of hydrogen-bond acceptors (Lipinski definition) is 9. The molecule has 0 radical (unpaired) electrons. The number of anilines is 1. The molecule has 10 heteroatoms. The predicted octanol–water partition coefficient (Wildman–Crippen LogP) is 3.31. The van der Waals surface area contributed by atoms with Crippen LogP contribution in [0.15, 0.2) is 18.2 Å². The topological polar surface area (TPSA) is 109 Å². The number of benzene rings is 1. The number of esters is 2. The Morgan fingerprint density at radius 3 is 2.13 bits per heavy atom. The van der Waals surface area contributed by atoms with Crippen molar-refractivity contribution in [2.45, 2.75) is 13.8 Å². The fourth-order valence-corrected chi connectivity index (χ4v) is 3.85.